The highest BCUT2D eigenvalue weighted by Gasteiger charge is 2.56. The van der Waals surface area contributed by atoms with E-state index in [9.17, 15) is 0 Å². The Kier molecular flexibility index (Phi) is 11.1. The van der Waals surface area contributed by atoms with Crippen molar-refractivity contribution in [2.75, 3.05) is 9.80 Å². The third kappa shape index (κ3) is 7.08. The Morgan fingerprint density at radius 1 is 0.239 bits per heavy atom. The fourth-order valence-corrected chi connectivity index (χ4v) is 19.6. The lowest BCUT2D eigenvalue weighted by Gasteiger charge is -2.35. The average molecular weight is 1200 g/mol. The number of benzene rings is 14. The Hall–Kier alpha value is -11.1. The molecule has 0 unspecified atom stereocenters. The summed E-state index contributed by atoms with van der Waals surface area (Å²) in [6.07, 6.45) is 0. The predicted octanol–water partition coefficient (Wildman–Crippen LogP) is 24.2. The molecular weight excluding hydrogens is 1150 g/mol. The summed E-state index contributed by atoms with van der Waals surface area (Å²) in [6, 6.07) is 123. The van der Waals surface area contributed by atoms with E-state index < -0.39 is 10.8 Å². The lowest BCUT2D eigenvalue weighted by atomic mass is 9.73. The molecule has 4 aliphatic rings. The summed E-state index contributed by atoms with van der Waals surface area (Å²) in [5, 5.41) is 5.03. The van der Waals surface area contributed by atoms with Crippen LogP contribution in [0.5, 0.6) is 0 Å². The van der Waals surface area contributed by atoms with E-state index in [2.05, 4.69) is 337 Å². The van der Waals surface area contributed by atoms with Crippen molar-refractivity contribution in [3.63, 3.8) is 0 Å². The minimum Gasteiger partial charge on any atom is -0.310 e. The first-order valence-electron chi connectivity index (χ1n) is 31.8. The van der Waals surface area contributed by atoms with E-state index in [1.807, 2.05) is 22.7 Å². The Labute approximate surface area is 542 Å². The molecule has 2 heterocycles. The second kappa shape index (κ2) is 19.7. The topological polar surface area (TPSA) is 6.48 Å². The molecule has 2 aromatic heterocycles. The first kappa shape index (κ1) is 51.7. The molecule has 0 atom stereocenters. The summed E-state index contributed by atoms with van der Waals surface area (Å²) in [5.74, 6) is 0. The number of thiophene rings is 2. The zero-order chi connectivity index (χ0) is 60.2. The maximum absolute atomic E-state index is 2.56. The third-order valence-electron chi connectivity index (χ3n) is 20.4. The van der Waals surface area contributed by atoms with Gasteiger partial charge in [0, 0.05) is 75.1 Å². The van der Waals surface area contributed by atoms with Crippen molar-refractivity contribution in [3.05, 3.63) is 371 Å². The third-order valence-corrected chi connectivity index (χ3v) is 23.0. The highest BCUT2D eigenvalue weighted by atomic mass is 32.1. The smallest absolute Gasteiger partial charge is 0.0839 e. The normalized spacial score (nSPS) is 13.6. The van der Waals surface area contributed by atoms with Crippen LogP contribution in [-0.4, -0.2) is 0 Å². The largest absolute Gasteiger partial charge is 0.310 e. The quantitative estimate of drug-likeness (QED) is 0.150. The standard InChI is InChI=1S/C88H54N2S2/c1-3-21-55(22-4-1)57-41-45-62(46-42-57)90(79-39-20-34-72-82-70-33-13-18-40-80(70)91-86(82)88(84(72)79)76-37-16-11-31-68(76)69-32-12-17-38-77(69)88)63-28-19-25-59(52-63)60-44-49-71-81(53-60)92-85-83(71)73-54-65(89(61-26-5-2-6-27-61)64-47-43-56-23-7-8-24-58(56)51-64)48-50-78(73)87(85)74-35-14-9-29-66(74)67-30-10-15-36-75(67)87/h1-54H. The van der Waals surface area contributed by atoms with E-state index in [1.165, 1.54) is 141 Å². The van der Waals surface area contributed by atoms with Gasteiger partial charge in [0.1, 0.15) is 0 Å². The molecule has 14 aromatic carbocycles. The first-order valence-corrected chi connectivity index (χ1v) is 33.4. The number of fused-ring (bicyclic) bond motifs is 25. The van der Waals surface area contributed by atoms with Crippen molar-refractivity contribution >= 4 is 87.7 Å². The second-order valence-electron chi connectivity index (χ2n) is 24.9. The van der Waals surface area contributed by atoms with Crippen LogP contribution in [-0.2, 0) is 10.8 Å². The fraction of sp³-hybridized carbons (Fsp3) is 0.0227. The predicted molar refractivity (Wildman–Crippen MR) is 388 cm³/mol. The van der Waals surface area contributed by atoms with Gasteiger partial charge in [0.2, 0.25) is 0 Å². The van der Waals surface area contributed by atoms with Crippen molar-refractivity contribution in [1.29, 1.82) is 0 Å². The van der Waals surface area contributed by atoms with E-state index in [4.69, 9.17) is 0 Å². The Morgan fingerprint density at radius 2 is 0.696 bits per heavy atom. The molecule has 0 fully saturated rings. The molecule has 2 nitrogen and oxygen atoms in total. The van der Waals surface area contributed by atoms with Crippen LogP contribution in [0.25, 0.3) is 97.7 Å². The maximum Gasteiger partial charge on any atom is 0.0839 e. The molecule has 2 spiro atoms. The molecular formula is C88H54N2S2. The number of nitrogens with zero attached hydrogens (tertiary/aromatic N) is 2. The molecule has 20 rings (SSSR count). The SMILES string of the molecule is c1ccc(-c2ccc(N(c3cccc(-c4ccc5c6c(sc5c4)C4(c5ccccc5-c5ccccc54)c4ccc(N(c5ccccc5)c5ccc7ccccc7c5)cc4-6)c3)c3cccc4c3C3(c5ccccc5-c5ccccc53)c3sc5ccccc5c3-4)cc2)cc1. The fourth-order valence-electron chi connectivity index (χ4n) is 16.7. The molecule has 4 aliphatic carbocycles. The summed E-state index contributed by atoms with van der Waals surface area (Å²) < 4.78 is 2.59. The van der Waals surface area contributed by atoms with Gasteiger partial charge in [-0.15, -0.1) is 22.7 Å². The molecule has 0 bridgehead atoms. The number of anilines is 6. The van der Waals surface area contributed by atoms with Crippen molar-refractivity contribution in [2.45, 2.75) is 10.8 Å². The Morgan fingerprint density at radius 3 is 1.42 bits per heavy atom. The minimum absolute atomic E-state index is 0.499. The van der Waals surface area contributed by atoms with Crippen molar-refractivity contribution < 1.29 is 0 Å². The van der Waals surface area contributed by atoms with Gasteiger partial charge in [-0.05, 0) is 173 Å². The molecule has 0 amide bonds. The molecule has 428 valence electrons. The van der Waals surface area contributed by atoms with E-state index >= 15 is 0 Å². The molecule has 0 aliphatic heterocycles. The molecule has 0 radical (unpaired) electrons. The van der Waals surface area contributed by atoms with Gasteiger partial charge in [0.25, 0.3) is 0 Å². The van der Waals surface area contributed by atoms with Crippen LogP contribution in [0.15, 0.2) is 328 Å². The lowest BCUT2D eigenvalue weighted by Crippen LogP contribution is -2.27. The van der Waals surface area contributed by atoms with Crippen LogP contribution in [0, 0.1) is 0 Å². The van der Waals surface area contributed by atoms with Gasteiger partial charge in [-0.25, -0.2) is 0 Å². The summed E-state index contributed by atoms with van der Waals surface area (Å²) in [7, 11) is 0. The van der Waals surface area contributed by atoms with E-state index in [1.54, 1.807) is 0 Å². The van der Waals surface area contributed by atoms with Crippen LogP contribution in [0.4, 0.5) is 34.1 Å². The van der Waals surface area contributed by atoms with Crippen LogP contribution < -0.4 is 9.80 Å². The first-order chi connectivity index (χ1) is 45.6. The number of hydrogen-bond acceptors (Lipinski definition) is 4. The molecule has 0 N–H and O–H groups in total. The van der Waals surface area contributed by atoms with Gasteiger partial charge >= 0.3 is 0 Å². The lowest BCUT2D eigenvalue weighted by molar-refractivity contribution is 0.810. The summed E-state index contributed by atoms with van der Waals surface area (Å²) in [5.41, 5.74) is 28.9. The maximum atomic E-state index is 2.56. The van der Waals surface area contributed by atoms with Gasteiger partial charge in [0.05, 0.1) is 16.5 Å². The van der Waals surface area contributed by atoms with Crippen LogP contribution >= 0.6 is 22.7 Å². The van der Waals surface area contributed by atoms with Gasteiger partial charge in [-0.1, -0.05) is 249 Å². The van der Waals surface area contributed by atoms with Gasteiger partial charge in [-0.2, -0.15) is 0 Å². The molecule has 0 saturated carbocycles. The molecule has 92 heavy (non-hydrogen) atoms. The van der Waals surface area contributed by atoms with Crippen molar-refractivity contribution in [2.24, 2.45) is 0 Å². The highest BCUT2D eigenvalue weighted by Crippen LogP contribution is 2.70. The molecule has 0 saturated heterocycles. The highest BCUT2D eigenvalue weighted by molar-refractivity contribution is 7.20. The zero-order valence-electron chi connectivity index (χ0n) is 49.9. The number of hydrogen-bond donors (Lipinski definition) is 0. The summed E-state index contributed by atoms with van der Waals surface area (Å²) >= 11 is 3.94. The van der Waals surface area contributed by atoms with E-state index in [0.717, 1.165) is 34.0 Å². The number of rotatable bonds is 8. The van der Waals surface area contributed by atoms with Gasteiger partial charge in [0.15, 0.2) is 0 Å². The average Bonchev–Trinajstić information content (AvgIpc) is 1.51. The Balaban J connectivity index is 0.787. The van der Waals surface area contributed by atoms with E-state index in [-0.39, 0.29) is 0 Å². The molecule has 16 aromatic rings. The van der Waals surface area contributed by atoms with Gasteiger partial charge < -0.3 is 9.80 Å². The van der Waals surface area contributed by atoms with Crippen molar-refractivity contribution in [3.8, 4) is 66.8 Å². The van der Waals surface area contributed by atoms with Crippen molar-refractivity contribution in [1.82, 2.24) is 0 Å². The number of para-hydroxylation sites is 1. The van der Waals surface area contributed by atoms with Crippen LogP contribution in [0.1, 0.15) is 43.1 Å². The monoisotopic (exact) mass is 1200 g/mol. The summed E-state index contributed by atoms with van der Waals surface area (Å²) in [4.78, 5) is 7.77. The zero-order valence-corrected chi connectivity index (χ0v) is 51.5. The minimum atomic E-state index is -0.560. The van der Waals surface area contributed by atoms with Crippen LogP contribution in [0.2, 0.25) is 0 Å². The Bertz CT molecular complexity index is 5640. The summed E-state index contributed by atoms with van der Waals surface area (Å²) in [6.45, 7) is 0. The van der Waals surface area contributed by atoms with Crippen LogP contribution in [0.3, 0.4) is 0 Å². The molecule has 4 heteroatoms. The van der Waals surface area contributed by atoms with Gasteiger partial charge in [-0.3, -0.25) is 0 Å². The second-order valence-corrected chi connectivity index (χ2v) is 27.0. The van der Waals surface area contributed by atoms with E-state index in [0.29, 0.717) is 0 Å².